The molecule has 3 aliphatic heterocycles. The molecular weight excluding hydrogens is 302 g/mol. The van der Waals surface area contributed by atoms with Gasteiger partial charge in [0.15, 0.2) is 5.79 Å². The van der Waals surface area contributed by atoms with Crippen LogP contribution in [0.2, 0.25) is 0 Å². The van der Waals surface area contributed by atoms with E-state index in [1.165, 1.54) is 0 Å². The summed E-state index contributed by atoms with van der Waals surface area (Å²) in [6.07, 6.45) is -0.489. The van der Waals surface area contributed by atoms with Gasteiger partial charge in [-0.25, -0.2) is 0 Å². The van der Waals surface area contributed by atoms with E-state index >= 15 is 0 Å². The maximum Gasteiger partial charge on any atom is 0.226 e. The summed E-state index contributed by atoms with van der Waals surface area (Å²) >= 11 is 0. The molecule has 2 N–H and O–H groups in total. The fraction of sp³-hybridized carbons (Fsp3) is 0.750. The number of rotatable bonds is 2. The molecule has 23 heavy (non-hydrogen) atoms. The molecule has 0 aliphatic carbocycles. The summed E-state index contributed by atoms with van der Waals surface area (Å²) < 4.78 is 16.9. The lowest BCUT2D eigenvalue weighted by atomic mass is 9.77. The summed E-state index contributed by atoms with van der Waals surface area (Å²) in [6, 6.07) is 0. The van der Waals surface area contributed by atoms with E-state index < -0.39 is 11.9 Å². The molecule has 3 saturated heterocycles. The van der Waals surface area contributed by atoms with E-state index in [0.29, 0.717) is 6.61 Å². The summed E-state index contributed by atoms with van der Waals surface area (Å²) in [6.45, 7) is 7.94. The Morgan fingerprint density at radius 2 is 1.87 bits per heavy atom. The lowest BCUT2D eigenvalue weighted by Gasteiger charge is -2.46. The van der Waals surface area contributed by atoms with Gasteiger partial charge in [0.05, 0.1) is 12.7 Å². The third-order valence-corrected chi connectivity index (χ3v) is 5.27. The molecule has 7 nitrogen and oxygen atoms in total. The van der Waals surface area contributed by atoms with Crippen LogP contribution in [-0.4, -0.2) is 48.3 Å². The SMILES string of the molecule is C=C1CO[C@](O)(C2OCOC(C3CC(=O)NC(=O)C3)[C@H]2C)[C@H]1C. The van der Waals surface area contributed by atoms with Crippen LogP contribution >= 0.6 is 0 Å². The number of hydrogen-bond acceptors (Lipinski definition) is 6. The minimum atomic E-state index is -1.46. The molecule has 0 bridgehead atoms. The highest BCUT2D eigenvalue weighted by Crippen LogP contribution is 2.43. The Balaban J connectivity index is 1.78. The molecule has 0 aromatic heterocycles. The van der Waals surface area contributed by atoms with Gasteiger partial charge < -0.3 is 19.3 Å². The van der Waals surface area contributed by atoms with E-state index in [1.807, 2.05) is 13.8 Å². The van der Waals surface area contributed by atoms with E-state index in [-0.39, 0.29) is 55.3 Å². The second kappa shape index (κ2) is 5.98. The van der Waals surface area contributed by atoms with Gasteiger partial charge in [0.25, 0.3) is 0 Å². The van der Waals surface area contributed by atoms with Crippen molar-refractivity contribution in [3.8, 4) is 0 Å². The summed E-state index contributed by atoms with van der Waals surface area (Å²) in [5, 5.41) is 13.2. The Morgan fingerprint density at radius 1 is 1.22 bits per heavy atom. The standard InChI is InChI=1S/C16H23NO6/c1-8-6-23-16(20,10(8)3)15-9(2)14(21-7-22-15)11-4-12(18)17-13(19)5-11/h9-11,14-15,20H,1,4-7H2,2-3H3,(H,17,18,19)/t9-,10+,14?,15?,16+/m1/s1. The van der Waals surface area contributed by atoms with Crippen LogP contribution in [0.5, 0.6) is 0 Å². The molecule has 3 heterocycles. The predicted octanol–water partition coefficient (Wildman–Crippen LogP) is 0.328. The van der Waals surface area contributed by atoms with Crippen molar-refractivity contribution in [1.82, 2.24) is 5.32 Å². The molecule has 0 saturated carbocycles. The number of hydrogen-bond donors (Lipinski definition) is 2. The molecular formula is C16H23NO6. The van der Waals surface area contributed by atoms with Crippen molar-refractivity contribution < 1.29 is 28.9 Å². The van der Waals surface area contributed by atoms with Crippen molar-refractivity contribution in [1.29, 1.82) is 0 Å². The van der Waals surface area contributed by atoms with Gasteiger partial charge in [0.1, 0.15) is 12.9 Å². The van der Waals surface area contributed by atoms with Gasteiger partial charge in [-0.3, -0.25) is 14.9 Å². The lowest BCUT2D eigenvalue weighted by molar-refractivity contribution is -0.326. The highest BCUT2D eigenvalue weighted by Gasteiger charge is 2.55. The molecule has 3 rings (SSSR count). The fourth-order valence-corrected chi connectivity index (χ4v) is 3.85. The zero-order valence-corrected chi connectivity index (χ0v) is 13.4. The molecule has 7 heteroatoms. The van der Waals surface area contributed by atoms with Crippen LogP contribution in [0.3, 0.4) is 0 Å². The number of carbonyl (C=O) groups excluding carboxylic acids is 2. The minimum absolute atomic E-state index is 0.00313. The van der Waals surface area contributed by atoms with Crippen molar-refractivity contribution in [2.45, 2.75) is 44.7 Å². The van der Waals surface area contributed by atoms with Crippen molar-refractivity contribution in [3.63, 3.8) is 0 Å². The molecule has 3 aliphatic rings. The van der Waals surface area contributed by atoms with Crippen molar-refractivity contribution in [2.75, 3.05) is 13.4 Å². The van der Waals surface area contributed by atoms with E-state index in [0.717, 1.165) is 5.57 Å². The zero-order chi connectivity index (χ0) is 16.8. The summed E-state index contributed by atoms with van der Waals surface area (Å²) in [7, 11) is 0. The second-order valence-corrected chi connectivity index (χ2v) is 6.76. The number of piperidine rings is 1. The molecule has 0 spiro atoms. The fourth-order valence-electron chi connectivity index (χ4n) is 3.85. The van der Waals surface area contributed by atoms with E-state index in [1.54, 1.807) is 0 Å². The second-order valence-electron chi connectivity index (χ2n) is 6.76. The number of imide groups is 1. The third-order valence-electron chi connectivity index (χ3n) is 5.27. The van der Waals surface area contributed by atoms with Crippen LogP contribution in [-0.2, 0) is 23.8 Å². The minimum Gasteiger partial charge on any atom is -0.363 e. The average Bonchev–Trinajstić information content (AvgIpc) is 2.75. The monoisotopic (exact) mass is 325 g/mol. The van der Waals surface area contributed by atoms with E-state index in [4.69, 9.17) is 14.2 Å². The smallest absolute Gasteiger partial charge is 0.226 e. The van der Waals surface area contributed by atoms with Gasteiger partial charge in [-0.05, 0) is 5.57 Å². The third kappa shape index (κ3) is 2.82. The molecule has 0 aromatic carbocycles. The number of amides is 2. The van der Waals surface area contributed by atoms with Gasteiger partial charge in [-0.2, -0.15) is 0 Å². The lowest BCUT2D eigenvalue weighted by Crippen LogP contribution is -2.58. The van der Waals surface area contributed by atoms with Crippen molar-refractivity contribution in [3.05, 3.63) is 12.2 Å². The highest BCUT2D eigenvalue weighted by atomic mass is 16.7. The van der Waals surface area contributed by atoms with Gasteiger partial charge in [0, 0.05) is 30.6 Å². The number of ether oxygens (including phenoxy) is 3. The molecule has 2 amide bonds. The average molecular weight is 325 g/mol. The Kier molecular flexibility index (Phi) is 4.31. The molecule has 2 unspecified atom stereocenters. The largest absolute Gasteiger partial charge is 0.363 e. The van der Waals surface area contributed by atoms with Crippen LogP contribution in [0.15, 0.2) is 12.2 Å². The Morgan fingerprint density at radius 3 is 2.43 bits per heavy atom. The summed E-state index contributed by atoms with van der Waals surface area (Å²) in [5.41, 5.74) is 0.818. The first-order valence-corrected chi connectivity index (χ1v) is 7.92. The van der Waals surface area contributed by atoms with Crippen molar-refractivity contribution >= 4 is 11.8 Å². The number of carbonyl (C=O) groups is 2. The summed E-state index contributed by atoms with van der Waals surface area (Å²) in [4.78, 5) is 23.2. The van der Waals surface area contributed by atoms with E-state index in [9.17, 15) is 14.7 Å². The van der Waals surface area contributed by atoms with Gasteiger partial charge in [-0.1, -0.05) is 20.4 Å². The molecule has 0 radical (unpaired) electrons. The quantitative estimate of drug-likeness (QED) is 0.561. The van der Waals surface area contributed by atoms with Crippen LogP contribution in [0, 0.1) is 17.8 Å². The van der Waals surface area contributed by atoms with Gasteiger partial charge in [-0.15, -0.1) is 0 Å². The molecule has 128 valence electrons. The maximum absolute atomic E-state index is 11.6. The Labute approximate surface area is 135 Å². The van der Waals surface area contributed by atoms with E-state index in [2.05, 4.69) is 11.9 Å². The first-order valence-electron chi connectivity index (χ1n) is 7.92. The first-order chi connectivity index (χ1) is 10.8. The highest BCUT2D eigenvalue weighted by molar-refractivity contribution is 5.97. The van der Waals surface area contributed by atoms with Gasteiger partial charge >= 0.3 is 0 Å². The zero-order valence-electron chi connectivity index (χ0n) is 13.4. The molecule has 0 aromatic rings. The first kappa shape index (κ1) is 16.6. The Hall–Kier alpha value is -1.28. The number of aliphatic hydroxyl groups is 1. The maximum atomic E-state index is 11.6. The normalized spacial score (nSPS) is 42.8. The van der Waals surface area contributed by atoms with Crippen LogP contribution in [0.25, 0.3) is 0 Å². The molecule has 3 fully saturated rings. The van der Waals surface area contributed by atoms with Crippen LogP contribution in [0.1, 0.15) is 26.7 Å². The summed E-state index contributed by atoms with van der Waals surface area (Å²) in [5.74, 6) is -2.75. The number of nitrogens with one attached hydrogen (secondary N) is 1. The van der Waals surface area contributed by atoms with Crippen LogP contribution < -0.4 is 5.32 Å². The predicted molar refractivity (Wildman–Crippen MR) is 78.9 cm³/mol. The van der Waals surface area contributed by atoms with Crippen molar-refractivity contribution in [2.24, 2.45) is 17.8 Å². The topological polar surface area (TPSA) is 94.1 Å². The van der Waals surface area contributed by atoms with Gasteiger partial charge in [0.2, 0.25) is 11.8 Å². The molecule has 5 atom stereocenters. The Bertz CT molecular complexity index is 519. The van der Waals surface area contributed by atoms with Crippen LogP contribution in [0.4, 0.5) is 0 Å².